The Morgan fingerprint density at radius 3 is 2.61 bits per heavy atom. The maximum absolute atomic E-state index is 12.7. The summed E-state index contributed by atoms with van der Waals surface area (Å²) in [6.07, 6.45) is 2.93. The minimum atomic E-state index is -0.469. The van der Waals surface area contributed by atoms with Crippen molar-refractivity contribution in [2.24, 2.45) is 0 Å². The first-order valence-electron chi connectivity index (χ1n) is 9.57. The molecule has 0 atom stereocenters. The molecule has 0 spiro atoms. The number of nitrogens with one attached hydrogen (secondary N) is 1. The van der Waals surface area contributed by atoms with Crippen LogP contribution in [0, 0.1) is 13.8 Å². The van der Waals surface area contributed by atoms with Crippen LogP contribution in [0.2, 0.25) is 0 Å². The molecule has 158 valence electrons. The third kappa shape index (κ3) is 4.40. The minimum Gasteiger partial charge on any atom is -0.497 e. The van der Waals surface area contributed by atoms with E-state index in [9.17, 15) is 9.59 Å². The molecule has 1 amide bonds. The summed E-state index contributed by atoms with van der Waals surface area (Å²) in [5, 5.41) is 6.99. The summed E-state index contributed by atoms with van der Waals surface area (Å²) in [5.41, 5.74) is 2.39. The van der Waals surface area contributed by atoms with Crippen molar-refractivity contribution in [3.63, 3.8) is 0 Å². The molecule has 0 unspecified atom stereocenters. The average Bonchev–Trinajstić information content (AvgIpc) is 3.04. The molecule has 31 heavy (non-hydrogen) atoms. The summed E-state index contributed by atoms with van der Waals surface area (Å²) in [7, 11) is 1.54. The number of carbonyl (C=O) groups is 1. The van der Waals surface area contributed by atoms with Crippen molar-refractivity contribution in [1.29, 1.82) is 0 Å². The van der Waals surface area contributed by atoms with E-state index in [2.05, 4.69) is 15.4 Å². The van der Waals surface area contributed by atoms with Crippen LogP contribution in [0.25, 0.3) is 5.65 Å². The van der Waals surface area contributed by atoms with Crippen LogP contribution in [0.4, 0.5) is 5.69 Å². The number of aryl methyl sites for hydroxylation is 2. The molecule has 0 fully saturated rings. The predicted octanol–water partition coefficient (Wildman–Crippen LogP) is 2.95. The van der Waals surface area contributed by atoms with Crippen LogP contribution in [0.15, 0.2) is 59.7 Å². The van der Waals surface area contributed by atoms with Crippen molar-refractivity contribution >= 4 is 17.2 Å². The summed E-state index contributed by atoms with van der Waals surface area (Å²) in [6.45, 7) is 3.67. The van der Waals surface area contributed by atoms with Gasteiger partial charge in [-0.25, -0.2) is 18.9 Å². The quantitative estimate of drug-likeness (QED) is 0.516. The normalized spacial score (nSPS) is 10.8. The molecule has 0 radical (unpaired) electrons. The van der Waals surface area contributed by atoms with Gasteiger partial charge in [-0.15, -0.1) is 5.10 Å². The van der Waals surface area contributed by atoms with Crippen LogP contribution in [0.3, 0.4) is 0 Å². The van der Waals surface area contributed by atoms with Crippen LogP contribution in [-0.4, -0.2) is 32.2 Å². The van der Waals surface area contributed by atoms with Gasteiger partial charge < -0.3 is 14.8 Å². The molecule has 0 bridgehead atoms. The average molecular weight is 419 g/mol. The van der Waals surface area contributed by atoms with E-state index in [1.165, 1.54) is 16.8 Å². The van der Waals surface area contributed by atoms with Gasteiger partial charge in [-0.1, -0.05) is 12.1 Å². The zero-order valence-corrected chi connectivity index (χ0v) is 17.3. The van der Waals surface area contributed by atoms with E-state index >= 15 is 0 Å². The lowest BCUT2D eigenvalue weighted by Crippen LogP contribution is -2.28. The second-order valence-electron chi connectivity index (χ2n) is 7.07. The number of ether oxygens (including phenoxy) is 2. The summed E-state index contributed by atoms with van der Waals surface area (Å²) in [6, 6.07) is 12.7. The van der Waals surface area contributed by atoms with E-state index in [0.29, 0.717) is 17.2 Å². The second kappa shape index (κ2) is 8.31. The molecule has 1 N–H and O–H groups in total. The van der Waals surface area contributed by atoms with E-state index in [4.69, 9.17) is 9.47 Å². The molecule has 4 aromatic rings. The molecule has 0 saturated heterocycles. The molecular formula is C22H21N5O4. The fraction of sp³-hybridized carbons (Fsp3) is 0.182. The maximum Gasteiger partial charge on any atom is 0.351 e. The molecular weight excluding hydrogens is 398 g/mol. The largest absolute Gasteiger partial charge is 0.497 e. The maximum atomic E-state index is 12.7. The van der Waals surface area contributed by atoms with Crippen LogP contribution in [0.1, 0.15) is 11.1 Å². The molecule has 9 heteroatoms. The molecule has 9 nitrogen and oxygen atoms in total. The Balaban J connectivity index is 1.59. The number of methoxy groups -OCH3 is 1. The highest BCUT2D eigenvalue weighted by atomic mass is 16.5. The molecule has 4 rings (SSSR count). The van der Waals surface area contributed by atoms with Crippen molar-refractivity contribution in [2.45, 2.75) is 20.4 Å². The number of hydrogen-bond donors (Lipinski definition) is 1. The highest BCUT2D eigenvalue weighted by Crippen LogP contribution is 2.24. The second-order valence-corrected chi connectivity index (χ2v) is 7.07. The zero-order valence-electron chi connectivity index (χ0n) is 17.3. The number of amides is 1. The van der Waals surface area contributed by atoms with Gasteiger partial charge in [-0.2, -0.15) is 0 Å². The van der Waals surface area contributed by atoms with Gasteiger partial charge in [0.2, 0.25) is 11.6 Å². The zero-order chi connectivity index (χ0) is 22.0. The van der Waals surface area contributed by atoms with Crippen molar-refractivity contribution in [1.82, 2.24) is 19.2 Å². The number of nitrogens with zero attached hydrogens (tertiary/aromatic N) is 4. The van der Waals surface area contributed by atoms with Gasteiger partial charge in [0.1, 0.15) is 18.0 Å². The van der Waals surface area contributed by atoms with Crippen molar-refractivity contribution in [2.75, 3.05) is 12.4 Å². The Kier molecular flexibility index (Phi) is 5.40. The van der Waals surface area contributed by atoms with E-state index in [-0.39, 0.29) is 18.1 Å². The fourth-order valence-electron chi connectivity index (χ4n) is 3.24. The Morgan fingerprint density at radius 2 is 1.87 bits per heavy atom. The van der Waals surface area contributed by atoms with Crippen molar-refractivity contribution in [3.05, 3.63) is 76.5 Å². The van der Waals surface area contributed by atoms with Gasteiger partial charge in [-0.05, 0) is 49.2 Å². The van der Waals surface area contributed by atoms with Crippen molar-refractivity contribution in [3.8, 4) is 17.4 Å². The Morgan fingerprint density at radius 1 is 1.10 bits per heavy atom. The SMILES string of the molecule is COc1cccc(NC(=O)Cn2nc3c(Oc4cc(C)cc(C)c4)nccn3c2=O)c1. The number of benzene rings is 2. The van der Waals surface area contributed by atoms with Crippen LogP contribution < -0.4 is 20.5 Å². The lowest BCUT2D eigenvalue weighted by atomic mass is 10.1. The number of carbonyl (C=O) groups excluding carboxylic acids is 1. The molecule has 2 heterocycles. The van der Waals surface area contributed by atoms with Gasteiger partial charge in [0.05, 0.1) is 7.11 Å². The molecule has 0 aliphatic heterocycles. The van der Waals surface area contributed by atoms with Crippen LogP contribution in [0.5, 0.6) is 17.4 Å². The lowest BCUT2D eigenvalue weighted by molar-refractivity contribution is -0.117. The lowest BCUT2D eigenvalue weighted by Gasteiger charge is -2.07. The highest BCUT2D eigenvalue weighted by Gasteiger charge is 2.16. The Bertz CT molecular complexity index is 1300. The van der Waals surface area contributed by atoms with Gasteiger partial charge in [-0.3, -0.25) is 4.79 Å². The van der Waals surface area contributed by atoms with E-state index in [1.54, 1.807) is 31.4 Å². The Hall–Kier alpha value is -4.14. The first kappa shape index (κ1) is 20.1. The summed E-state index contributed by atoms with van der Waals surface area (Å²) in [5.74, 6) is 0.984. The predicted molar refractivity (Wildman–Crippen MR) is 115 cm³/mol. The third-order valence-electron chi connectivity index (χ3n) is 4.53. The van der Waals surface area contributed by atoms with Gasteiger partial charge in [0, 0.05) is 24.1 Å². The number of aromatic nitrogens is 4. The third-order valence-corrected chi connectivity index (χ3v) is 4.53. The van der Waals surface area contributed by atoms with E-state index in [1.807, 2.05) is 32.0 Å². The molecule has 0 aliphatic carbocycles. The van der Waals surface area contributed by atoms with E-state index < -0.39 is 11.6 Å². The first-order valence-corrected chi connectivity index (χ1v) is 9.57. The summed E-state index contributed by atoms with van der Waals surface area (Å²) in [4.78, 5) is 29.4. The van der Waals surface area contributed by atoms with Gasteiger partial charge >= 0.3 is 5.69 Å². The fourth-order valence-corrected chi connectivity index (χ4v) is 3.24. The molecule has 2 aromatic heterocycles. The monoisotopic (exact) mass is 419 g/mol. The molecule has 0 aliphatic rings. The molecule has 2 aromatic carbocycles. The standard InChI is InChI=1S/C22H21N5O4/c1-14-9-15(2)11-18(10-14)31-21-20-25-27(22(29)26(20)8-7-23-21)13-19(28)24-16-5-4-6-17(12-16)30-3/h4-12H,13H2,1-3H3,(H,24,28). The molecule has 0 saturated carbocycles. The first-order chi connectivity index (χ1) is 14.9. The smallest absolute Gasteiger partial charge is 0.351 e. The van der Waals surface area contributed by atoms with Crippen LogP contribution >= 0.6 is 0 Å². The number of anilines is 1. The van der Waals surface area contributed by atoms with Gasteiger partial charge in [0.25, 0.3) is 5.88 Å². The number of fused-ring (bicyclic) bond motifs is 1. The van der Waals surface area contributed by atoms with Crippen LogP contribution in [-0.2, 0) is 11.3 Å². The summed E-state index contributed by atoms with van der Waals surface area (Å²) < 4.78 is 13.4. The number of rotatable bonds is 6. The summed E-state index contributed by atoms with van der Waals surface area (Å²) >= 11 is 0. The van der Waals surface area contributed by atoms with Gasteiger partial charge in [0.15, 0.2) is 0 Å². The topological polar surface area (TPSA) is 99.8 Å². The van der Waals surface area contributed by atoms with E-state index in [0.717, 1.165) is 15.8 Å². The number of hydrogen-bond acceptors (Lipinski definition) is 6. The minimum absolute atomic E-state index is 0.177. The van der Waals surface area contributed by atoms with Crippen molar-refractivity contribution < 1.29 is 14.3 Å². The Labute approximate surface area is 177 Å². The highest BCUT2D eigenvalue weighted by molar-refractivity contribution is 5.90.